The lowest BCUT2D eigenvalue weighted by atomic mass is 10.1. The fraction of sp³-hybridized carbons (Fsp3) is 0.533. The van der Waals surface area contributed by atoms with Crippen LogP contribution >= 0.6 is 46.4 Å². The molecule has 130 valence electrons. The average molecular weight is 402 g/mol. The number of rotatable bonds is 11. The molecule has 0 bridgehead atoms. The van der Waals surface area contributed by atoms with E-state index in [1.807, 2.05) is 15.9 Å². The van der Waals surface area contributed by atoms with Crippen LogP contribution in [0.4, 0.5) is 11.4 Å². The van der Waals surface area contributed by atoms with Gasteiger partial charge in [0.25, 0.3) is 0 Å². The first kappa shape index (κ1) is 20.5. The maximum atomic E-state index is 11.5. The van der Waals surface area contributed by atoms with Crippen LogP contribution in [0, 0.1) is 0 Å². The second-order valence-corrected chi connectivity index (χ2v) is 6.25. The molecule has 0 fully saturated rings. The van der Waals surface area contributed by atoms with Crippen molar-refractivity contribution < 1.29 is 9.90 Å². The summed E-state index contributed by atoms with van der Waals surface area (Å²) >= 11 is 23.4. The van der Waals surface area contributed by atoms with Crippen molar-refractivity contribution in [3.05, 3.63) is 23.8 Å². The summed E-state index contributed by atoms with van der Waals surface area (Å²) in [6, 6.07) is 5.20. The van der Waals surface area contributed by atoms with E-state index in [0.717, 1.165) is 5.69 Å². The maximum Gasteiger partial charge on any atom is 0.337 e. The second-order valence-electron chi connectivity index (χ2n) is 4.74. The first-order valence-corrected chi connectivity index (χ1v) is 9.34. The smallest absolute Gasteiger partial charge is 0.337 e. The monoisotopic (exact) mass is 400 g/mol. The number of carboxylic acid groups (broad SMARTS) is 1. The lowest BCUT2D eigenvalue weighted by Crippen LogP contribution is -2.31. The van der Waals surface area contributed by atoms with E-state index in [9.17, 15) is 9.90 Å². The van der Waals surface area contributed by atoms with Gasteiger partial charge in [-0.05, 0) is 18.2 Å². The third kappa shape index (κ3) is 6.11. The molecule has 0 aromatic heterocycles. The number of halogens is 4. The Labute approximate surface area is 156 Å². The maximum absolute atomic E-state index is 11.5. The molecule has 8 heteroatoms. The standard InChI is InChI=1S/C15H20Cl4N2O2/c16-3-7-20(8-4-17)12-1-2-13(15(22)23)14(11-12)21(9-5-18)10-6-19/h1-2,11H,3-10H2,(H,22,23). The molecule has 0 radical (unpaired) electrons. The molecule has 0 aliphatic rings. The van der Waals surface area contributed by atoms with Crippen LogP contribution in [0.3, 0.4) is 0 Å². The summed E-state index contributed by atoms with van der Waals surface area (Å²) in [6.45, 7) is 2.29. The van der Waals surface area contributed by atoms with Crippen LogP contribution < -0.4 is 9.80 Å². The lowest BCUT2D eigenvalue weighted by molar-refractivity contribution is 0.0697. The Morgan fingerprint density at radius 1 is 0.870 bits per heavy atom. The van der Waals surface area contributed by atoms with E-state index in [1.54, 1.807) is 12.1 Å². The minimum atomic E-state index is -0.984. The summed E-state index contributed by atoms with van der Waals surface area (Å²) in [6.07, 6.45) is 0. The zero-order valence-corrected chi connectivity index (χ0v) is 15.7. The molecular formula is C15H20Cl4N2O2. The first-order valence-electron chi connectivity index (χ1n) is 7.20. The molecule has 0 unspecified atom stereocenters. The molecule has 1 rings (SSSR count). The third-order valence-corrected chi connectivity index (χ3v) is 4.01. The van der Waals surface area contributed by atoms with Crippen LogP contribution in [0.1, 0.15) is 10.4 Å². The van der Waals surface area contributed by atoms with E-state index in [0.29, 0.717) is 55.4 Å². The SMILES string of the molecule is O=C(O)c1ccc(N(CCCl)CCCl)cc1N(CCCl)CCCl. The molecule has 1 aromatic carbocycles. The van der Waals surface area contributed by atoms with E-state index < -0.39 is 5.97 Å². The van der Waals surface area contributed by atoms with Gasteiger partial charge in [-0.2, -0.15) is 0 Å². The number of carbonyl (C=O) groups is 1. The Kier molecular flexibility index (Phi) is 9.88. The van der Waals surface area contributed by atoms with Crippen LogP contribution in [-0.2, 0) is 0 Å². The van der Waals surface area contributed by atoms with E-state index in [1.165, 1.54) is 0 Å². The summed E-state index contributed by atoms with van der Waals surface area (Å²) in [5.74, 6) is 0.697. The molecule has 0 saturated heterocycles. The van der Waals surface area contributed by atoms with E-state index in [-0.39, 0.29) is 5.56 Å². The highest BCUT2D eigenvalue weighted by atomic mass is 35.5. The highest BCUT2D eigenvalue weighted by Crippen LogP contribution is 2.27. The summed E-state index contributed by atoms with van der Waals surface area (Å²) in [7, 11) is 0. The van der Waals surface area contributed by atoms with Gasteiger partial charge in [-0.3, -0.25) is 0 Å². The molecule has 0 atom stereocenters. The molecule has 1 aromatic rings. The molecule has 23 heavy (non-hydrogen) atoms. The molecule has 0 aliphatic carbocycles. The van der Waals surface area contributed by atoms with Gasteiger partial charge < -0.3 is 14.9 Å². The van der Waals surface area contributed by atoms with Gasteiger partial charge >= 0.3 is 5.97 Å². The predicted molar refractivity (Wildman–Crippen MR) is 101 cm³/mol. The second kappa shape index (κ2) is 11.1. The number of alkyl halides is 4. The van der Waals surface area contributed by atoms with Crippen molar-refractivity contribution in [3.63, 3.8) is 0 Å². The molecule has 0 spiro atoms. The lowest BCUT2D eigenvalue weighted by Gasteiger charge is -2.28. The highest BCUT2D eigenvalue weighted by molar-refractivity contribution is 6.19. The van der Waals surface area contributed by atoms with Crippen molar-refractivity contribution in [2.75, 3.05) is 59.5 Å². The Balaban J connectivity index is 3.26. The summed E-state index contributed by atoms with van der Waals surface area (Å²) < 4.78 is 0. The van der Waals surface area contributed by atoms with Crippen molar-refractivity contribution >= 4 is 63.7 Å². The van der Waals surface area contributed by atoms with Crippen molar-refractivity contribution in [3.8, 4) is 0 Å². The van der Waals surface area contributed by atoms with Crippen LogP contribution in [-0.4, -0.2) is 60.8 Å². The molecule has 1 N–H and O–H groups in total. The Morgan fingerprint density at radius 2 is 1.35 bits per heavy atom. The molecule has 4 nitrogen and oxygen atoms in total. The topological polar surface area (TPSA) is 43.8 Å². The van der Waals surface area contributed by atoms with Crippen molar-refractivity contribution in [1.29, 1.82) is 0 Å². The summed E-state index contributed by atoms with van der Waals surface area (Å²) in [5.41, 5.74) is 1.70. The number of aromatic carboxylic acids is 1. The zero-order valence-electron chi connectivity index (χ0n) is 12.7. The van der Waals surface area contributed by atoms with E-state index >= 15 is 0 Å². The van der Waals surface area contributed by atoms with Crippen LogP contribution in [0.15, 0.2) is 18.2 Å². The van der Waals surface area contributed by atoms with Gasteiger partial charge in [0.05, 0.1) is 11.3 Å². The first-order chi connectivity index (χ1) is 11.1. The van der Waals surface area contributed by atoms with Crippen LogP contribution in [0.5, 0.6) is 0 Å². The Morgan fingerprint density at radius 3 is 1.78 bits per heavy atom. The normalized spacial score (nSPS) is 10.6. The summed E-state index contributed by atoms with van der Waals surface area (Å²) in [4.78, 5) is 15.4. The number of anilines is 2. The van der Waals surface area contributed by atoms with Gasteiger partial charge in [-0.25, -0.2) is 4.79 Å². The molecule has 0 saturated carbocycles. The van der Waals surface area contributed by atoms with E-state index in [4.69, 9.17) is 46.4 Å². The van der Waals surface area contributed by atoms with Gasteiger partial charge in [0.2, 0.25) is 0 Å². The minimum absolute atomic E-state index is 0.223. The molecule has 0 amide bonds. The number of hydrogen-bond donors (Lipinski definition) is 1. The van der Waals surface area contributed by atoms with Gasteiger partial charge in [0, 0.05) is 55.4 Å². The van der Waals surface area contributed by atoms with Gasteiger partial charge in [0.1, 0.15) is 0 Å². The molecular weight excluding hydrogens is 382 g/mol. The van der Waals surface area contributed by atoms with Gasteiger partial charge in [0.15, 0.2) is 0 Å². The van der Waals surface area contributed by atoms with Crippen LogP contribution in [0.2, 0.25) is 0 Å². The number of nitrogens with zero attached hydrogens (tertiary/aromatic N) is 2. The van der Waals surface area contributed by atoms with E-state index in [2.05, 4.69) is 0 Å². The molecule has 0 heterocycles. The fourth-order valence-electron chi connectivity index (χ4n) is 2.29. The van der Waals surface area contributed by atoms with Crippen molar-refractivity contribution in [2.24, 2.45) is 0 Å². The zero-order chi connectivity index (χ0) is 17.2. The van der Waals surface area contributed by atoms with Crippen molar-refractivity contribution in [2.45, 2.75) is 0 Å². The highest BCUT2D eigenvalue weighted by Gasteiger charge is 2.18. The Hall–Kier alpha value is -0.550. The van der Waals surface area contributed by atoms with Crippen molar-refractivity contribution in [1.82, 2.24) is 0 Å². The van der Waals surface area contributed by atoms with Gasteiger partial charge in [-0.1, -0.05) is 0 Å². The quantitative estimate of drug-likeness (QED) is 0.570. The third-order valence-electron chi connectivity index (χ3n) is 3.34. The number of carboxylic acids is 1. The average Bonchev–Trinajstić information content (AvgIpc) is 2.54. The predicted octanol–water partition coefficient (Wildman–Crippen LogP) is 3.95. The van der Waals surface area contributed by atoms with Crippen LogP contribution in [0.25, 0.3) is 0 Å². The Bertz CT molecular complexity index is 490. The summed E-state index contributed by atoms with van der Waals surface area (Å²) in [5, 5.41) is 9.44. The number of benzene rings is 1. The van der Waals surface area contributed by atoms with Gasteiger partial charge in [-0.15, -0.1) is 46.4 Å². The minimum Gasteiger partial charge on any atom is -0.478 e. The number of hydrogen-bond acceptors (Lipinski definition) is 3. The molecule has 0 aliphatic heterocycles. The largest absolute Gasteiger partial charge is 0.478 e. The fourth-order valence-corrected chi connectivity index (χ4v) is 3.11.